The van der Waals surface area contributed by atoms with Gasteiger partial charge in [0.2, 0.25) is 0 Å². The van der Waals surface area contributed by atoms with Crippen molar-refractivity contribution in [1.29, 1.82) is 0 Å². The third-order valence-electron chi connectivity index (χ3n) is 4.94. The lowest BCUT2D eigenvalue weighted by Crippen LogP contribution is -2.36. The number of nitrogens with zero attached hydrogens (tertiary/aromatic N) is 5. The number of rotatable bonds is 6. The van der Waals surface area contributed by atoms with Gasteiger partial charge in [0.25, 0.3) is 0 Å². The van der Waals surface area contributed by atoms with Crippen molar-refractivity contribution in [2.75, 3.05) is 38.2 Å². The number of hydrogen-bond acceptors (Lipinski definition) is 7. The molecule has 0 radical (unpaired) electrons. The van der Waals surface area contributed by atoms with Gasteiger partial charge < -0.3 is 10.1 Å². The van der Waals surface area contributed by atoms with Crippen molar-refractivity contribution in [3.63, 3.8) is 0 Å². The summed E-state index contributed by atoms with van der Waals surface area (Å²) in [6.07, 6.45) is 3.94. The molecule has 1 saturated heterocycles. The van der Waals surface area contributed by atoms with E-state index in [-0.39, 0.29) is 0 Å². The molecule has 1 aliphatic rings. The molecule has 4 heterocycles. The van der Waals surface area contributed by atoms with Crippen molar-refractivity contribution in [1.82, 2.24) is 24.6 Å². The molecule has 0 aromatic carbocycles. The number of ether oxygens (including phenoxy) is 1. The summed E-state index contributed by atoms with van der Waals surface area (Å²) in [5.41, 5.74) is 2.45. The molecular formula is C19H26N6OS. The highest BCUT2D eigenvalue weighted by Gasteiger charge is 2.17. The molecule has 0 atom stereocenters. The number of hydrogen-bond donors (Lipinski definition) is 1. The Bertz CT molecular complexity index is 928. The smallest absolute Gasteiger partial charge is 0.146 e. The number of morpholine rings is 1. The van der Waals surface area contributed by atoms with E-state index in [1.165, 1.54) is 16.0 Å². The molecule has 0 amide bonds. The van der Waals surface area contributed by atoms with E-state index in [1.54, 1.807) is 11.3 Å². The summed E-state index contributed by atoms with van der Waals surface area (Å²) in [6, 6.07) is 0. The SMILES string of the molecule is Cc1cnn(CCNc2nc(CN3CCOCC3)nc3sc(C)c(C)c23)c1. The largest absolute Gasteiger partial charge is 0.379 e. The summed E-state index contributed by atoms with van der Waals surface area (Å²) in [7, 11) is 0. The van der Waals surface area contributed by atoms with Gasteiger partial charge >= 0.3 is 0 Å². The minimum absolute atomic E-state index is 0.766. The van der Waals surface area contributed by atoms with Crippen LogP contribution in [-0.4, -0.2) is 57.5 Å². The topological polar surface area (TPSA) is 68.1 Å². The van der Waals surface area contributed by atoms with Gasteiger partial charge in [-0.05, 0) is 31.9 Å². The molecule has 0 aliphatic carbocycles. The fourth-order valence-electron chi connectivity index (χ4n) is 3.33. The Kier molecular flexibility index (Phi) is 5.38. The van der Waals surface area contributed by atoms with E-state index in [1.807, 2.05) is 10.9 Å². The summed E-state index contributed by atoms with van der Waals surface area (Å²) in [6.45, 7) is 12.2. The first kappa shape index (κ1) is 18.3. The maximum atomic E-state index is 5.45. The molecule has 7 nitrogen and oxygen atoms in total. The maximum absolute atomic E-state index is 5.45. The third-order valence-corrected chi connectivity index (χ3v) is 6.04. The normalized spacial score (nSPS) is 15.5. The van der Waals surface area contributed by atoms with E-state index in [0.717, 1.165) is 67.8 Å². The Morgan fingerprint density at radius 1 is 1.19 bits per heavy atom. The van der Waals surface area contributed by atoms with Gasteiger partial charge in [-0.1, -0.05) is 0 Å². The molecule has 1 N–H and O–H groups in total. The molecule has 4 rings (SSSR count). The molecule has 0 spiro atoms. The van der Waals surface area contributed by atoms with Crippen LogP contribution < -0.4 is 5.32 Å². The van der Waals surface area contributed by atoms with Crippen LogP contribution >= 0.6 is 11.3 Å². The minimum Gasteiger partial charge on any atom is -0.379 e. The Hall–Kier alpha value is -2.03. The van der Waals surface area contributed by atoms with E-state index >= 15 is 0 Å². The van der Waals surface area contributed by atoms with Crippen molar-refractivity contribution >= 4 is 27.4 Å². The number of aryl methyl sites for hydroxylation is 3. The zero-order valence-corrected chi connectivity index (χ0v) is 17.0. The Balaban J connectivity index is 1.56. The second-order valence-corrected chi connectivity index (χ2v) is 8.25. The number of fused-ring (bicyclic) bond motifs is 1. The Morgan fingerprint density at radius 2 is 2.00 bits per heavy atom. The van der Waals surface area contributed by atoms with Crippen LogP contribution in [-0.2, 0) is 17.8 Å². The van der Waals surface area contributed by atoms with Crippen LogP contribution in [0.4, 0.5) is 5.82 Å². The molecular weight excluding hydrogens is 360 g/mol. The quantitative estimate of drug-likeness (QED) is 0.703. The standard InChI is InChI=1S/C19H26N6OS/c1-13-10-21-25(11-13)5-4-20-18-17-14(2)15(3)27-19(17)23-16(22-18)12-24-6-8-26-9-7-24/h10-11H,4-9,12H2,1-3H3,(H,20,22,23). The van der Waals surface area contributed by atoms with Gasteiger partial charge in [0.05, 0.1) is 37.9 Å². The van der Waals surface area contributed by atoms with E-state index in [4.69, 9.17) is 14.7 Å². The second kappa shape index (κ2) is 7.92. The number of nitrogens with one attached hydrogen (secondary N) is 1. The maximum Gasteiger partial charge on any atom is 0.146 e. The summed E-state index contributed by atoms with van der Waals surface area (Å²) < 4.78 is 7.41. The van der Waals surface area contributed by atoms with Gasteiger partial charge in [-0.15, -0.1) is 11.3 Å². The van der Waals surface area contributed by atoms with Crippen LogP contribution in [0.3, 0.4) is 0 Å². The van der Waals surface area contributed by atoms with Gasteiger partial charge in [-0.25, -0.2) is 9.97 Å². The number of anilines is 1. The van der Waals surface area contributed by atoms with Crippen LogP contribution in [0.1, 0.15) is 21.8 Å². The van der Waals surface area contributed by atoms with Crippen LogP contribution in [0.25, 0.3) is 10.2 Å². The summed E-state index contributed by atoms with van der Waals surface area (Å²) in [5, 5.41) is 9.03. The molecule has 1 aliphatic heterocycles. The molecule has 144 valence electrons. The van der Waals surface area contributed by atoms with E-state index < -0.39 is 0 Å². The lowest BCUT2D eigenvalue weighted by Gasteiger charge is -2.25. The lowest BCUT2D eigenvalue weighted by molar-refractivity contribution is 0.0331. The van der Waals surface area contributed by atoms with E-state index in [0.29, 0.717) is 0 Å². The molecule has 8 heteroatoms. The molecule has 1 fully saturated rings. The van der Waals surface area contributed by atoms with Crippen molar-refractivity contribution in [2.24, 2.45) is 0 Å². The Labute approximate surface area is 163 Å². The van der Waals surface area contributed by atoms with E-state index in [2.05, 4.69) is 42.3 Å². The van der Waals surface area contributed by atoms with Gasteiger partial charge in [0.15, 0.2) is 0 Å². The Morgan fingerprint density at radius 3 is 2.74 bits per heavy atom. The van der Waals surface area contributed by atoms with E-state index in [9.17, 15) is 0 Å². The fraction of sp³-hybridized carbons (Fsp3) is 0.526. The summed E-state index contributed by atoms with van der Waals surface area (Å²) in [5.74, 6) is 1.82. The van der Waals surface area contributed by atoms with Crippen LogP contribution in [0, 0.1) is 20.8 Å². The van der Waals surface area contributed by atoms with Crippen LogP contribution in [0.2, 0.25) is 0 Å². The second-order valence-electron chi connectivity index (χ2n) is 7.05. The average molecular weight is 387 g/mol. The molecule has 27 heavy (non-hydrogen) atoms. The summed E-state index contributed by atoms with van der Waals surface area (Å²) in [4.78, 5) is 14.5. The predicted octanol–water partition coefficient (Wildman–Crippen LogP) is 2.76. The van der Waals surface area contributed by atoms with Crippen LogP contribution in [0.5, 0.6) is 0 Å². The number of thiophene rings is 1. The first-order valence-electron chi connectivity index (χ1n) is 9.40. The van der Waals surface area contributed by atoms with Gasteiger partial charge in [-0.3, -0.25) is 9.58 Å². The molecule has 0 unspecified atom stereocenters. The third kappa shape index (κ3) is 4.12. The average Bonchev–Trinajstić information content (AvgIpc) is 3.19. The number of aromatic nitrogens is 4. The first-order valence-corrected chi connectivity index (χ1v) is 10.2. The zero-order chi connectivity index (χ0) is 18.8. The highest BCUT2D eigenvalue weighted by Crippen LogP contribution is 2.33. The summed E-state index contributed by atoms with van der Waals surface area (Å²) >= 11 is 1.75. The lowest BCUT2D eigenvalue weighted by atomic mass is 10.2. The fourth-order valence-corrected chi connectivity index (χ4v) is 4.38. The zero-order valence-electron chi connectivity index (χ0n) is 16.2. The van der Waals surface area contributed by atoms with Crippen molar-refractivity contribution in [2.45, 2.75) is 33.9 Å². The minimum atomic E-state index is 0.766. The van der Waals surface area contributed by atoms with Crippen LogP contribution in [0.15, 0.2) is 12.4 Å². The van der Waals surface area contributed by atoms with Gasteiger partial charge in [0.1, 0.15) is 16.5 Å². The molecule has 0 bridgehead atoms. The predicted molar refractivity (Wildman–Crippen MR) is 108 cm³/mol. The molecule has 3 aromatic rings. The monoisotopic (exact) mass is 386 g/mol. The van der Waals surface area contributed by atoms with Crippen molar-refractivity contribution in [3.05, 3.63) is 34.2 Å². The van der Waals surface area contributed by atoms with Gasteiger partial charge in [-0.2, -0.15) is 5.10 Å². The highest BCUT2D eigenvalue weighted by atomic mass is 32.1. The highest BCUT2D eigenvalue weighted by molar-refractivity contribution is 7.18. The van der Waals surface area contributed by atoms with Gasteiger partial charge in [0, 0.05) is 30.7 Å². The molecule has 3 aromatic heterocycles. The molecule has 0 saturated carbocycles. The van der Waals surface area contributed by atoms with Crippen molar-refractivity contribution < 1.29 is 4.74 Å². The first-order chi connectivity index (χ1) is 13.1. The van der Waals surface area contributed by atoms with Crippen molar-refractivity contribution in [3.8, 4) is 0 Å².